The van der Waals surface area contributed by atoms with Crippen molar-refractivity contribution in [2.75, 3.05) is 23.3 Å². The van der Waals surface area contributed by atoms with E-state index >= 15 is 0 Å². The number of carbonyl (C=O) groups excluding carboxylic acids is 1. The number of amides is 1. The van der Waals surface area contributed by atoms with Crippen molar-refractivity contribution >= 4 is 17.3 Å². The predicted molar refractivity (Wildman–Crippen MR) is 104 cm³/mol. The number of nitrogens with zero attached hydrogens (tertiary/aromatic N) is 3. The Balaban J connectivity index is 1.70. The smallest absolute Gasteiger partial charge is 0.267 e. The molecule has 2 aromatic rings. The van der Waals surface area contributed by atoms with Crippen LogP contribution in [0, 0.1) is 6.92 Å². The summed E-state index contributed by atoms with van der Waals surface area (Å²) < 4.78 is 1.25. The van der Waals surface area contributed by atoms with Crippen molar-refractivity contribution in [2.24, 2.45) is 0 Å². The Hall–Kier alpha value is -2.63. The zero-order chi connectivity index (χ0) is 18.7. The molecular formula is C20H26N4O2. The van der Waals surface area contributed by atoms with Crippen LogP contribution >= 0.6 is 0 Å². The normalized spacial score (nSPS) is 13.5. The zero-order valence-corrected chi connectivity index (χ0v) is 15.7. The van der Waals surface area contributed by atoms with Gasteiger partial charge in [0.1, 0.15) is 6.54 Å². The van der Waals surface area contributed by atoms with Crippen molar-refractivity contribution in [1.82, 2.24) is 9.78 Å². The Morgan fingerprint density at radius 3 is 2.58 bits per heavy atom. The molecule has 1 aliphatic rings. The maximum absolute atomic E-state index is 12.4. The molecule has 1 saturated carbocycles. The molecule has 6 nitrogen and oxygen atoms in total. The zero-order valence-electron chi connectivity index (χ0n) is 15.7. The first kappa shape index (κ1) is 18.2. The van der Waals surface area contributed by atoms with E-state index in [9.17, 15) is 9.59 Å². The van der Waals surface area contributed by atoms with Gasteiger partial charge in [-0.2, -0.15) is 5.10 Å². The molecule has 1 aliphatic carbocycles. The van der Waals surface area contributed by atoms with Crippen LogP contribution < -0.4 is 15.8 Å². The molecule has 1 aromatic heterocycles. The fourth-order valence-electron chi connectivity index (χ4n) is 3.07. The van der Waals surface area contributed by atoms with Gasteiger partial charge in [0.2, 0.25) is 5.91 Å². The highest BCUT2D eigenvalue weighted by Gasteiger charge is 2.25. The number of aromatic nitrogens is 2. The lowest BCUT2D eigenvalue weighted by atomic mass is 10.1. The van der Waals surface area contributed by atoms with E-state index in [1.54, 1.807) is 6.07 Å². The van der Waals surface area contributed by atoms with Gasteiger partial charge in [0.05, 0.1) is 5.69 Å². The van der Waals surface area contributed by atoms with Crippen LogP contribution in [0.3, 0.4) is 0 Å². The molecule has 0 aliphatic heterocycles. The second-order valence-corrected chi connectivity index (χ2v) is 6.75. The Labute approximate surface area is 153 Å². The van der Waals surface area contributed by atoms with Gasteiger partial charge in [-0.25, -0.2) is 4.68 Å². The number of aryl methyl sites for hydroxylation is 1. The van der Waals surface area contributed by atoms with Crippen LogP contribution in [0.1, 0.15) is 43.9 Å². The highest BCUT2D eigenvalue weighted by Crippen LogP contribution is 2.38. The van der Waals surface area contributed by atoms with E-state index < -0.39 is 0 Å². The minimum absolute atomic E-state index is 0.0728. The molecule has 1 amide bonds. The van der Waals surface area contributed by atoms with Crippen molar-refractivity contribution < 1.29 is 4.79 Å². The van der Waals surface area contributed by atoms with Crippen molar-refractivity contribution in [3.8, 4) is 0 Å². The van der Waals surface area contributed by atoms with Crippen LogP contribution in [0.5, 0.6) is 0 Å². The number of rotatable bonds is 7. The molecule has 6 heteroatoms. The van der Waals surface area contributed by atoms with Crippen LogP contribution in [0.2, 0.25) is 0 Å². The molecule has 0 saturated heterocycles. The lowest BCUT2D eigenvalue weighted by molar-refractivity contribution is -0.117. The lowest BCUT2D eigenvalue weighted by Crippen LogP contribution is -2.30. The first-order chi connectivity index (χ1) is 12.5. The van der Waals surface area contributed by atoms with Gasteiger partial charge in [-0.1, -0.05) is 0 Å². The third-order valence-electron chi connectivity index (χ3n) is 4.79. The summed E-state index contributed by atoms with van der Waals surface area (Å²) >= 11 is 0. The fraction of sp³-hybridized carbons (Fsp3) is 0.450. The summed E-state index contributed by atoms with van der Waals surface area (Å²) in [6.45, 7) is 8.02. The summed E-state index contributed by atoms with van der Waals surface area (Å²) in [6.07, 6.45) is 2.21. The van der Waals surface area contributed by atoms with Gasteiger partial charge in [0.25, 0.3) is 5.56 Å². The third kappa shape index (κ3) is 4.12. The molecule has 26 heavy (non-hydrogen) atoms. The quantitative estimate of drug-likeness (QED) is 0.830. The Morgan fingerprint density at radius 2 is 1.96 bits per heavy atom. The van der Waals surface area contributed by atoms with E-state index in [2.05, 4.69) is 35.2 Å². The van der Waals surface area contributed by atoms with E-state index in [0.29, 0.717) is 5.92 Å². The van der Waals surface area contributed by atoms with Crippen molar-refractivity contribution in [3.63, 3.8) is 0 Å². The molecule has 1 N–H and O–H groups in total. The van der Waals surface area contributed by atoms with E-state index in [1.165, 1.54) is 10.7 Å². The van der Waals surface area contributed by atoms with Crippen LogP contribution in [0.4, 0.5) is 11.4 Å². The Morgan fingerprint density at radius 1 is 1.23 bits per heavy atom. The number of hydrogen-bond donors (Lipinski definition) is 1. The molecule has 0 radical (unpaired) electrons. The van der Waals surface area contributed by atoms with Gasteiger partial charge in [-0.15, -0.1) is 0 Å². The number of nitrogens with one attached hydrogen (secondary N) is 1. The van der Waals surface area contributed by atoms with Crippen molar-refractivity contribution in [1.29, 1.82) is 0 Å². The summed E-state index contributed by atoms with van der Waals surface area (Å²) in [7, 11) is 0. The monoisotopic (exact) mass is 354 g/mol. The standard InChI is InChI=1S/C20H26N4O2/c1-4-23(5-2)16-8-9-17(14(3)12-16)21-19(25)13-24-20(26)11-10-18(22-24)15-6-7-15/h8-12,15H,4-7,13H2,1-3H3,(H,21,25). The largest absolute Gasteiger partial charge is 0.372 e. The van der Waals surface area contributed by atoms with Gasteiger partial charge in [-0.3, -0.25) is 9.59 Å². The average Bonchev–Trinajstić information content (AvgIpc) is 3.45. The summed E-state index contributed by atoms with van der Waals surface area (Å²) in [5, 5.41) is 7.23. The predicted octanol–water partition coefficient (Wildman–Crippen LogP) is 2.91. The molecular weight excluding hydrogens is 328 g/mol. The Bertz CT molecular complexity index is 851. The Kier molecular flexibility index (Phi) is 5.40. The average molecular weight is 354 g/mol. The van der Waals surface area contributed by atoms with Gasteiger partial charge >= 0.3 is 0 Å². The SMILES string of the molecule is CCN(CC)c1ccc(NC(=O)Cn2nc(C3CC3)ccc2=O)c(C)c1. The lowest BCUT2D eigenvalue weighted by Gasteiger charge is -2.22. The summed E-state index contributed by atoms with van der Waals surface area (Å²) in [5.74, 6) is 0.200. The topological polar surface area (TPSA) is 67.2 Å². The van der Waals surface area contributed by atoms with E-state index in [0.717, 1.165) is 48.6 Å². The molecule has 1 aromatic carbocycles. The highest BCUT2D eigenvalue weighted by atomic mass is 16.2. The number of anilines is 2. The van der Waals surface area contributed by atoms with E-state index in [1.807, 2.05) is 19.1 Å². The molecule has 3 rings (SSSR count). The molecule has 1 fully saturated rings. The maximum atomic E-state index is 12.4. The van der Waals surface area contributed by atoms with Gasteiger partial charge < -0.3 is 10.2 Å². The second kappa shape index (κ2) is 7.72. The number of carbonyl (C=O) groups is 1. The summed E-state index contributed by atoms with van der Waals surface area (Å²) in [4.78, 5) is 26.6. The molecule has 0 spiro atoms. The highest BCUT2D eigenvalue weighted by molar-refractivity contribution is 5.91. The maximum Gasteiger partial charge on any atom is 0.267 e. The van der Waals surface area contributed by atoms with Crippen LogP contribution in [0.15, 0.2) is 35.1 Å². The van der Waals surface area contributed by atoms with Crippen LogP contribution in [-0.4, -0.2) is 28.8 Å². The molecule has 138 valence electrons. The molecule has 0 bridgehead atoms. The third-order valence-corrected chi connectivity index (χ3v) is 4.79. The fourth-order valence-corrected chi connectivity index (χ4v) is 3.07. The summed E-state index contributed by atoms with van der Waals surface area (Å²) in [5.41, 5.74) is 3.54. The first-order valence-electron chi connectivity index (χ1n) is 9.25. The van der Waals surface area contributed by atoms with Gasteiger partial charge in [0, 0.05) is 36.4 Å². The van der Waals surface area contributed by atoms with Crippen LogP contribution in [-0.2, 0) is 11.3 Å². The minimum atomic E-state index is -0.252. The van der Waals surface area contributed by atoms with E-state index in [-0.39, 0.29) is 18.0 Å². The summed E-state index contributed by atoms with van der Waals surface area (Å²) in [6, 6.07) is 9.26. The second-order valence-electron chi connectivity index (χ2n) is 6.75. The molecule has 0 unspecified atom stereocenters. The number of hydrogen-bond acceptors (Lipinski definition) is 4. The van der Waals surface area contributed by atoms with Gasteiger partial charge in [-0.05, 0) is 63.4 Å². The minimum Gasteiger partial charge on any atom is -0.372 e. The van der Waals surface area contributed by atoms with Crippen molar-refractivity contribution in [3.05, 3.63) is 51.9 Å². The number of benzene rings is 1. The van der Waals surface area contributed by atoms with Crippen molar-refractivity contribution in [2.45, 2.75) is 46.1 Å². The van der Waals surface area contributed by atoms with E-state index in [4.69, 9.17) is 0 Å². The van der Waals surface area contributed by atoms with Crippen LogP contribution in [0.25, 0.3) is 0 Å². The van der Waals surface area contributed by atoms with Gasteiger partial charge in [0.15, 0.2) is 0 Å². The molecule has 0 atom stereocenters. The first-order valence-corrected chi connectivity index (χ1v) is 9.25. The molecule has 1 heterocycles.